The Bertz CT molecular complexity index is 532. The Hall–Kier alpha value is -2.37. The van der Waals surface area contributed by atoms with Gasteiger partial charge in [-0.05, 0) is 24.3 Å². The summed E-state index contributed by atoms with van der Waals surface area (Å²) >= 11 is 0. The second kappa shape index (κ2) is 4.65. The Balaban J connectivity index is 2.30. The smallest absolute Gasteiger partial charge is 0.279 e. The van der Waals surface area contributed by atoms with Crippen molar-refractivity contribution in [3.8, 4) is 0 Å². The fourth-order valence-electron chi connectivity index (χ4n) is 1.31. The van der Waals surface area contributed by atoms with E-state index in [4.69, 9.17) is 0 Å². The maximum Gasteiger partial charge on any atom is 0.279 e. The average molecular weight is 232 g/mol. The van der Waals surface area contributed by atoms with E-state index in [2.05, 4.69) is 15.2 Å². The fourth-order valence-corrected chi connectivity index (χ4v) is 1.31. The van der Waals surface area contributed by atoms with E-state index in [1.165, 1.54) is 37.6 Å². The van der Waals surface area contributed by atoms with Crippen molar-refractivity contribution in [2.45, 2.75) is 0 Å². The van der Waals surface area contributed by atoms with Crippen LogP contribution in [0.2, 0.25) is 0 Å². The van der Waals surface area contributed by atoms with Gasteiger partial charge in [0.1, 0.15) is 0 Å². The molecule has 0 spiro atoms. The predicted octanol–water partition coefficient (Wildman–Crippen LogP) is 1.29. The highest BCUT2D eigenvalue weighted by molar-refractivity contribution is 6.03. The van der Waals surface area contributed by atoms with Crippen LogP contribution in [0.4, 0.5) is 10.2 Å². The Morgan fingerprint density at radius 3 is 2.71 bits per heavy atom. The molecular formula is C11H9FN4O. The minimum Gasteiger partial charge on any atom is -0.292 e. The second-order valence-electron chi connectivity index (χ2n) is 3.28. The number of anilines is 1. The molecule has 0 fully saturated rings. The van der Waals surface area contributed by atoms with Crippen LogP contribution in [0.25, 0.3) is 0 Å². The van der Waals surface area contributed by atoms with E-state index in [1.54, 1.807) is 6.07 Å². The number of aromatic nitrogens is 3. The summed E-state index contributed by atoms with van der Waals surface area (Å²) in [5.74, 6) is -1.06. The van der Waals surface area contributed by atoms with Crippen LogP contribution in [-0.4, -0.2) is 28.1 Å². The molecule has 2 aromatic heterocycles. The van der Waals surface area contributed by atoms with Crippen LogP contribution in [0, 0.1) is 5.82 Å². The van der Waals surface area contributed by atoms with Gasteiger partial charge in [0, 0.05) is 19.4 Å². The van der Waals surface area contributed by atoms with Crippen molar-refractivity contribution < 1.29 is 9.18 Å². The third kappa shape index (κ3) is 2.25. The van der Waals surface area contributed by atoms with Gasteiger partial charge in [0.05, 0.1) is 0 Å². The van der Waals surface area contributed by atoms with E-state index in [0.29, 0.717) is 0 Å². The van der Waals surface area contributed by atoms with Crippen LogP contribution in [-0.2, 0) is 0 Å². The number of halogens is 1. The lowest BCUT2D eigenvalue weighted by Gasteiger charge is -2.15. The Morgan fingerprint density at radius 1 is 1.29 bits per heavy atom. The average Bonchev–Trinajstić information content (AvgIpc) is 2.39. The third-order valence-corrected chi connectivity index (χ3v) is 2.15. The standard InChI is InChI=1S/C11H9FN4O/c1-16(10-8(12)4-2-6-13-10)11(17)9-5-3-7-14-15-9/h2-7H,1H3. The minimum atomic E-state index is -0.563. The van der Waals surface area contributed by atoms with Crippen LogP contribution in [0.3, 0.4) is 0 Å². The van der Waals surface area contributed by atoms with Gasteiger partial charge in [-0.25, -0.2) is 9.37 Å². The maximum atomic E-state index is 13.4. The molecule has 86 valence electrons. The van der Waals surface area contributed by atoms with Gasteiger partial charge in [-0.3, -0.25) is 9.69 Å². The van der Waals surface area contributed by atoms with Gasteiger partial charge in [0.2, 0.25) is 0 Å². The molecule has 0 atom stereocenters. The molecule has 17 heavy (non-hydrogen) atoms. The zero-order valence-electron chi connectivity index (χ0n) is 9.04. The van der Waals surface area contributed by atoms with E-state index in [9.17, 15) is 9.18 Å². The number of rotatable bonds is 2. The molecule has 2 aromatic rings. The summed E-state index contributed by atoms with van der Waals surface area (Å²) in [6.45, 7) is 0. The lowest BCUT2D eigenvalue weighted by molar-refractivity contribution is 0.0985. The van der Waals surface area contributed by atoms with Gasteiger partial charge < -0.3 is 0 Å². The van der Waals surface area contributed by atoms with Crippen molar-refractivity contribution in [2.75, 3.05) is 11.9 Å². The molecule has 2 rings (SSSR count). The lowest BCUT2D eigenvalue weighted by atomic mass is 10.3. The SMILES string of the molecule is CN(C(=O)c1cccnn1)c1ncccc1F. The quantitative estimate of drug-likeness (QED) is 0.782. The first-order valence-corrected chi connectivity index (χ1v) is 4.86. The zero-order chi connectivity index (χ0) is 12.3. The monoisotopic (exact) mass is 232 g/mol. The van der Waals surface area contributed by atoms with Crippen molar-refractivity contribution in [1.29, 1.82) is 0 Å². The van der Waals surface area contributed by atoms with Gasteiger partial charge >= 0.3 is 0 Å². The van der Waals surface area contributed by atoms with Gasteiger partial charge in [0.25, 0.3) is 5.91 Å². The highest BCUT2D eigenvalue weighted by atomic mass is 19.1. The molecule has 2 heterocycles. The van der Waals surface area contributed by atoms with Crippen LogP contribution < -0.4 is 4.90 Å². The molecule has 1 amide bonds. The van der Waals surface area contributed by atoms with Gasteiger partial charge in [-0.15, -0.1) is 5.10 Å². The van der Waals surface area contributed by atoms with Crippen molar-refractivity contribution >= 4 is 11.7 Å². The van der Waals surface area contributed by atoms with Crippen molar-refractivity contribution in [2.24, 2.45) is 0 Å². The summed E-state index contributed by atoms with van der Waals surface area (Å²) in [7, 11) is 1.43. The first kappa shape index (κ1) is 11.1. The molecule has 0 unspecified atom stereocenters. The molecule has 5 nitrogen and oxygen atoms in total. The van der Waals surface area contributed by atoms with Crippen LogP contribution in [0.15, 0.2) is 36.7 Å². The summed E-state index contributed by atoms with van der Waals surface area (Å²) in [6.07, 6.45) is 2.87. The molecule has 0 bridgehead atoms. The molecule has 0 aliphatic rings. The van der Waals surface area contributed by atoms with E-state index in [1.807, 2.05) is 0 Å². The first-order chi connectivity index (χ1) is 8.20. The fraction of sp³-hybridized carbons (Fsp3) is 0.0909. The molecule has 0 aliphatic carbocycles. The third-order valence-electron chi connectivity index (χ3n) is 2.15. The van der Waals surface area contributed by atoms with E-state index in [0.717, 1.165) is 4.90 Å². The molecule has 6 heteroatoms. The predicted molar refractivity (Wildman–Crippen MR) is 59.0 cm³/mol. The molecule has 0 aliphatic heterocycles. The number of pyridine rings is 1. The van der Waals surface area contributed by atoms with E-state index in [-0.39, 0.29) is 11.5 Å². The van der Waals surface area contributed by atoms with Crippen LogP contribution >= 0.6 is 0 Å². The van der Waals surface area contributed by atoms with Gasteiger partial charge in [-0.2, -0.15) is 5.10 Å². The summed E-state index contributed by atoms with van der Waals surface area (Å²) < 4.78 is 13.4. The minimum absolute atomic E-state index is 0.0387. The first-order valence-electron chi connectivity index (χ1n) is 4.86. The largest absolute Gasteiger partial charge is 0.292 e. The van der Waals surface area contributed by atoms with Gasteiger partial charge in [0.15, 0.2) is 17.3 Å². The Morgan fingerprint density at radius 2 is 2.06 bits per heavy atom. The Kier molecular flexibility index (Phi) is 3.04. The summed E-state index contributed by atoms with van der Waals surface area (Å²) in [5.41, 5.74) is 0.139. The normalized spacial score (nSPS) is 10.0. The zero-order valence-corrected chi connectivity index (χ0v) is 9.04. The molecule has 0 saturated carbocycles. The maximum absolute atomic E-state index is 13.4. The Labute approximate surface area is 96.9 Å². The highest BCUT2D eigenvalue weighted by Crippen LogP contribution is 2.15. The van der Waals surface area contributed by atoms with Crippen molar-refractivity contribution in [3.63, 3.8) is 0 Å². The van der Waals surface area contributed by atoms with Crippen molar-refractivity contribution in [3.05, 3.63) is 48.2 Å². The number of nitrogens with zero attached hydrogens (tertiary/aromatic N) is 4. The second-order valence-corrected chi connectivity index (χ2v) is 3.28. The lowest BCUT2D eigenvalue weighted by Crippen LogP contribution is -2.28. The number of hydrogen-bond donors (Lipinski definition) is 0. The highest BCUT2D eigenvalue weighted by Gasteiger charge is 2.18. The summed E-state index contributed by atoms with van der Waals surface area (Å²) in [4.78, 5) is 16.8. The van der Waals surface area contributed by atoms with Crippen LogP contribution in [0.1, 0.15) is 10.5 Å². The van der Waals surface area contributed by atoms with Crippen LogP contribution in [0.5, 0.6) is 0 Å². The molecular weight excluding hydrogens is 223 g/mol. The number of carbonyl (C=O) groups excluding carboxylic acids is 1. The summed E-state index contributed by atoms with van der Waals surface area (Å²) in [6, 6.07) is 5.79. The van der Waals surface area contributed by atoms with Gasteiger partial charge in [-0.1, -0.05) is 0 Å². The molecule has 0 aromatic carbocycles. The van der Waals surface area contributed by atoms with E-state index >= 15 is 0 Å². The number of amides is 1. The molecule has 0 radical (unpaired) electrons. The topological polar surface area (TPSA) is 59.0 Å². The molecule has 0 saturated heterocycles. The number of carbonyl (C=O) groups is 1. The van der Waals surface area contributed by atoms with Crippen molar-refractivity contribution in [1.82, 2.24) is 15.2 Å². The van der Waals surface area contributed by atoms with E-state index < -0.39 is 11.7 Å². The number of hydrogen-bond acceptors (Lipinski definition) is 4. The summed E-state index contributed by atoms with van der Waals surface area (Å²) in [5, 5.41) is 7.26. The molecule has 0 N–H and O–H groups in total.